The Hall–Kier alpha value is -1.60. The molecule has 1 rings (SSSR count). The number of aromatic nitrogens is 1. The monoisotopic (exact) mass is 340 g/mol. The van der Waals surface area contributed by atoms with Gasteiger partial charge in [-0.25, -0.2) is 0 Å². The van der Waals surface area contributed by atoms with Crippen LogP contribution in [0.15, 0.2) is 9.52 Å². The van der Waals surface area contributed by atoms with Crippen LogP contribution in [0.25, 0.3) is 0 Å². The number of nitrogens with one attached hydrogen (secondary N) is 2. The molecule has 1 aromatic heterocycles. The lowest BCUT2D eigenvalue weighted by Gasteiger charge is -2.12. The van der Waals surface area contributed by atoms with E-state index in [1.165, 1.54) is 0 Å². The lowest BCUT2D eigenvalue weighted by atomic mass is 10.1. The van der Waals surface area contributed by atoms with E-state index in [-0.39, 0.29) is 0 Å². The Balaban J connectivity index is 2.05. The van der Waals surface area contributed by atoms with Gasteiger partial charge in [0, 0.05) is 32.3 Å². The molecule has 0 aliphatic rings. The third-order valence-electron chi connectivity index (χ3n) is 3.63. The maximum atomic E-state index is 5.51. The van der Waals surface area contributed by atoms with E-state index >= 15 is 0 Å². The summed E-state index contributed by atoms with van der Waals surface area (Å²) in [5, 5.41) is 10.5. The SMILES string of the molecule is CCCCOCCOCCNC(=NC)NCCc1c(C)noc1C. The summed E-state index contributed by atoms with van der Waals surface area (Å²) in [5.74, 6) is 1.65. The van der Waals surface area contributed by atoms with Crippen LogP contribution in [0, 0.1) is 13.8 Å². The van der Waals surface area contributed by atoms with Gasteiger partial charge in [-0.3, -0.25) is 4.99 Å². The molecule has 0 fully saturated rings. The average molecular weight is 340 g/mol. The zero-order valence-corrected chi connectivity index (χ0v) is 15.5. The minimum Gasteiger partial charge on any atom is -0.379 e. The van der Waals surface area contributed by atoms with Crippen molar-refractivity contribution in [1.82, 2.24) is 15.8 Å². The molecule has 0 atom stereocenters. The molecule has 24 heavy (non-hydrogen) atoms. The third kappa shape index (κ3) is 8.31. The predicted octanol–water partition coefficient (Wildman–Crippen LogP) is 1.83. The summed E-state index contributed by atoms with van der Waals surface area (Å²) < 4.78 is 16.1. The maximum Gasteiger partial charge on any atom is 0.191 e. The van der Waals surface area contributed by atoms with Crippen LogP contribution in [0.2, 0.25) is 0 Å². The van der Waals surface area contributed by atoms with Crippen molar-refractivity contribution in [3.63, 3.8) is 0 Å². The highest BCUT2D eigenvalue weighted by Gasteiger charge is 2.08. The summed E-state index contributed by atoms with van der Waals surface area (Å²) >= 11 is 0. The van der Waals surface area contributed by atoms with Gasteiger partial charge in [-0.05, 0) is 26.7 Å². The number of nitrogens with zero attached hydrogens (tertiary/aromatic N) is 2. The normalized spacial score (nSPS) is 11.8. The second-order valence-electron chi connectivity index (χ2n) is 5.56. The molecule has 1 heterocycles. The number of guanidine groups is 1. The first-order chi connectivity index (χ1) is 11.7. The second-order valence-corrected chi connectivity index (χ2v) is 5.56. The van der Waals surface area contributed by atoms with Crippen LogP contribution < -0.4 is 10.6 Å². The van der Waals surface area contributed by atoms with Crippen LogP contribution in [-0.2, 0) is 15.9 Å². The summed E-state index contributed by atoms with van der Waals surface area (Å²) in [4.78, 5) is 4.19. The summed E-state index contributed by atoms with van der Waals surface area (Å²) in [7, 11) is 1.76. The van der Waals surface area contributed by atoms with E-state index in [1.807, 2.05) is 13.8 Å². The van der Waals surface area contributed by atoms with Gasteiger partial charge in [-0.15, -0.1) is 0 Å². The summed E-state index contributed by atoms with van der Waals surface area (Å²) in [6.45, 7) is 10.3. The van der Waals surface area contributed by atoms with Crippen LogP contribution in [0.3, 0.4) is 0 Å². The van der Waals surface area contributed by atoms with Gasteiger partial charge in [0.2, 0.25) is 0 Å². The first-order valence-electron chi connectivity index (χ1n) is 8.70. The van der Waals surface area contributed by atoms with Crippen LogP contribution in [0.1, 0.15) is 36.8 Å². The Labute approximate surface area is 145 Å². The molecule has 138 valence electrons. The Morgan fingerprint density at radius 3 is 2.42 bits per heavy atom. The highest BCUT2D eigenvalue weighted by atomic mass is 16.5. The average Bonchev–Trinajstić information content (AvgIpc) is 2.90. The molecule has 7 heteroatoms. The van der Waals surface area contributed by atoms with Crippen molar-refractivity contribution >= 4 is 5.96 Å². The lowest BCUT2D eigenvalue weighted by Crippen LogP contribution is -2.40. The quantitative estimate of drug-likeness (QED) is 0.343. The number of unbranched alkanes of at least 4 members (excludes halogenated alkanes) is 1. The van der Waals surface area contributed by atoms with Gasteiger partial charge in [0.15, 0.2) is 5.96 Å². The van der Waals surface area contributed by atoms with Crippen molar-refractivity contribution in [2.45, 2.75) is 40.0 Å². The van der Waals surface area contributed by atoms with Crippen molar-refractivity contribution in [2.75, 3.05) is 46.6 Å². The molecule has 0 aliphatic heterocycles. The minimum atomic E-state index is 0.627. The van der Waals surface area contributed by atoms with E-state index in [1.54, 1.807) is 7.05 Å². The molecule has 0 radical (unpaired) electrons. The van der Waals surface area contributed by atoms with E-state index in [9.17, 15) is 0 Å². The first kappa shape index (κ1) is 20.4. The van der Waals surface area contributed by atoms with Gasteiger partial charge in [0.25, 0.3) is 0 Å². The topological polar surface area (TPSA) is 80.9 Å². The van der Waals surface area contributed by atoms with E-state index in [2.05, 4.69) is 27.7 Å². The maximum absolute atomic E-state index is 5.51. The molecule has 7 nitrogen and oxygen atoms in total. The van der Waals surface area contributed by atoms with Crippen LogP contribution in [-0.4, -0.2) is 57.7 Å². The molecule has 1 aromatic rings. The molecular formula is C17H32N4O3. The molecule has 0 aliphatic carbocycles. The Morgan fingerprint density at radius 2 is 1.79 bits per heavy atom. The van der Waals surface area contributed by atoms with Gasteiger partial charge in [-0.1, -0.05) is 18.5 Å². The minimum absolute atomic E-state index is 0.627. The van der Waals surface area contributed by atoms with Crippen molar-refractivity contribution in [1.29, 1.82) is 0 Å². The number of hydrogen-bond donors (Lipinski definition) is 2. The van der Waals surface area contributed by atoms with Gasteiger partial charge in [0.05, 0.1) is 25.5 Å². The van der Waals surface area contributed by atoms with Crippen molar-refractivity contribution in [2.24, 2.45) is 4.99 Å². The van der Waals surface area contributed by atoms with Gasteiger partial charge >= 0.3 is 0 Å². The fourth-order valence-electron chi connectivity index (χ4n) is 2.20. The van der Waals surface area contributed by atoms with Gasteiger partial charge in [-0.2, -0.15) is 0 Å². The second kappa shape index (κ2) is 12.8. The zero-order valence-electron chi connectivity index (χ0n) is 15.5. The number of ether oxygens (including phenoxy) is 2. The zero-order chi connectivity index (χ0) is 17.6. The molecule has 2 N–H and O–H groups in total. The fraction of sp³-hybridized carbons (Fsp3) is 0.765. The molecule has 0 saturated heterocycles. The Bertz CT molecular complexity index is 455. The Morgan fingerprint density at radius 1 is 1.08 bits per heavy atom. The summed E-state index contributed by atoms with van der Waals surface area (Å²) in [6.07, 6.45) is 3.12. The molecule has 0 unspecified atom stereocenters. The molecule has 0 saturated carbocycles. The van der Waals surface area contributed by atoms with Crippen LogP contribution >= 0.6 is 0 Å². The van der Waals surface area contributed by atoms with E-state index in [0.29, 0.717) is 26.4 Å². The number of rotatable bonds is 12. The molecule has 0 spiro atoms. The van der Waals surface area contributed by atoms with E-state index in [4.69, 9.17) is 14.0 Å². The number of hydrogen-bond acceptors (Lipinski definition) is 5. The highest BCUT2D eigenvalue weighted by molar-refractivity contribution is 5.79. The van der Waals surface area contributed by atoms with Gasteiger partial charge < -0.3 is 24.6 Å². The molecule has 0 amide bonds. The van der Waals surface area contributed by atoms with E-state index < -0.39 is 0 Å². The summed E-state index contributed by atoms with van der Waals surface area (Å²) in [6, 6.07) is 0. The number of aliphatic imine (C=N–C) groups is 1. The largest absolute Gasteiger partial charge is 0.379 e. The number of aryl methyl sites for hydroxylation is 2. The predicted molar refractivity (Wildman–Crippen MR) is 95.6 cm³/mol. The first-order valence-corrected chi connectivity index (χ1v) is 8.70. The van der Waals surface area contributed by atoms with E-state index in [0.717, 1.165) is 55.4 Å². The molecule has 0 aromatic carbocycles. The van der Waals surface area contributed by atoms with Crippen LogP contribution in [0.5, 0.6) is 0 Å². The van der Waals surface area contributed by atoms with Crippen LogP contribution in [0.4, 0.5) is 0 Å². The summed E-state index contributed by atoms with van der Waals surface area (Å²) in [5.41, 5.74) is 2.11. The van der Waals surface area contributed by atoms with Crippen molar-refractivity contribution in [3.8, 4) is 0 Å². The Kier molecular flexibility index (Phi) is 10.9. The van der Waals surface area contributed by atoms with Crippen molar-refractivity contribution < 1.29 is 14.0 Å². The third-order valence-corrected chi connectivity index (χ3v) is 3.63. The highest BCUT2D eigenvalue weighted by Crippen LogP contribution is 2.11. The molecular weight excluding hydrogens is 308 g/mol. The standard InChI is InChI=1S/C17H32N4O3/c1-5-6-10-22-12-13-23-11-9-20-17(18-4)19-8-7-16-14(2)21-24-15(16)3/h5-13H2,1-4H3,(H2,18,19,20). The molecule has 0 bridgehead atoms. The van der Waals surface area contributed by atoms with Crippen molar-refractivity contribution in [3.05, 3.63) is 17.0 Å². The lowest BCUT2D eigenvalue weighted by molar-refractivity contribution is 0.0487. The fourth-order valence-corrected chi connectivity index (χ4v) is 2.20. The van der Waals surface area contributed by atoms with Gasteiger partial charge in [0.1, 0.15) is 5.76 Å². The smallest absolute Gasteiger partial charge is 0.191 e.